The van der Waals surface area contributed by atoms with E-state index >= 15 is 0 Å². The maximum Gasteiger partial charge on any atom is 0.294 e. The van der Waals surface area contributed by atoms with Gasteiger partial charge in [0.1, 0.15) is 5.69 Å². The van der Waals surface area contributed by atoms with Crippen LogP contribution in [0.15, 0.2) is 36.5 Å². The second-order valence-electron chi connectivity index (χ2n) is 6.70. The molecule has 0 bridgehead atoms. The Hall–Kier alpha value is -2.74. The van der Waals surface area contributed by atoms with E-state index in [2.05, 4.69) is 5.10 Å². The number of para-hydroxylation sites is 2. The zero-order chi connectivity index (χ0) is 18.2. The quantitative estimate of drug-likeness (QED) is 0.676. The van der Waals surface area contributed by atoms with Gasteiger partial charge in [-0.15, -0.1) is 0 Å². The summed E-state index contributed by atoms with van der Waals surface area (Å²) >= 11 is 0. The molecule has 3 rings (SSSR count). The summed E-state index contributed by atoms with van der Waals surface area (Å²) in [6, 6.07) is 7.50. The van der Waals surface area contributed by atoms with Crippen molar-refractivity contribution in [3.05, 3.63) is 52.3 Å². The van der Waals surface area contributed by atoms with Gasteiger partial charge in [0.15, 0.2) is 5.69 Å². The van der Waals surface area contributed by atoms with E-state index in [9.17, 15) is 20.0 Å². The second-order valence-corrected chi connectivity index (χ2v) is 6.70. The van der Waals surface area contributed by atoms with Crippen molar-refractivity contribution < 1.29 is 14.8 Å². The summed E-state index contributed by atoms with van der Waals surface area (Å²) in [7, 11) is 0. The summed E-state index contributed by atoms with van der Waals surface area (Å²) in [5.41, 5.74) is -0.575. The van der Waals surface area contributed by atoms with Crippen LogP contribution >= 0.6 is 0 Å². The smallest absolute Gasteiger partial charge is 0.294 e. The van der Waals surface area contributed by atoms with Gasteiger partial charge in [-0.1, -0.05) is 12.1 Å². The monoisotopic (exact) mass is 344 g/mol. The number of hydrogen-bond donors (Lipinski definition) is 1. The third-order valence-corrected chi connectivity index (χ3v) is 4.46. The van der Waals surface area contributed by atoms with Crippen LogP contribution in [-0.4, -0.2) is 48.8 Å². The largest absolute Gasteiger partial charge is 0.388 e. The van der Waals surface area contributed by atoms with Gasteiger partial charge in [0, 0.05) is 18.8 Å². The van der Waals surface area contributed by atoms with Gasteiger partial charge in [-0.05, 0) is 38.8 Å². The molecule has 0 aliphatic carbocycles. The van der Waals surface area contributed by atoms with Crippen molar-refractivity contribution in [2.75, 3.05) is 6.54 Å². The van der Waals surface area contributed by atoms with E-state index in [1.165, 1.54) is 16.9 Å². The lowest BCUT2D eigenvalue weighted by molar-refractivity contribution is -0.384. The Kier molecular flexibility index (Phi) is 4.30. The molecule has 1 aliphatic heterocycles. The predicted octanol–water partition coefficient (Wildman–Crippen LogP) is 2.16. The third kappa shape index (κ3) is 3.25. The first-order valence-electron chi connectivity index (χ1n) is 8.12. The molecular weight excluding hydrogens is 324 g/mol. The van der Waals surface area contributed by atoms with Crippen LogP contribution in [0.2, 0.25) is 0 Å². The summed E-state index contributed by atoms with van der Waals surface area (Å²) in [4.78, 5) is 25.1. The van der Waals surface area contributed by atoms with Crippen LogP contribution in [0.4, 0.5) is 5.69 Å². The number of aromatic nitrogens is 2. The Bertz CT molecular complexity index is 809. The highest BCUT2D eigenvalue weighted by Crippen LogP contribution is 2.28. The van der Waals surface area contributed by atoms with Crippen LogP contribution in [0, 0.1) is 10.1 Å². The zero-order valence-electron chi connectivity index (χ0n) is 14.1. The first-order chi connectivity index (χ1) is 11.8. The molecule has 1 aliphatic rings. The van der Waals surface area contributed by atoms with Crippen LogP contribution < -0.4 is 0 Å². The fraction of sp³-hybridized carbons (Fsp3) is 0.412. The van der Waals surface area contributed by atoms with E-state index in [1.807, 2.05) is 0 Å². The van der Waals surface area contributed by atoms with E-state index in [4.69, 9.17) is 0 Å². The van der Waals surface area contributed by atoms with Crippen molar-refractivity contribution in [2.24, 2.45) is 0 Å². The van der Waals surface area contributed by atoms with Crippen LogP contribution in [-0.2, 0) is 0 Å². The number of aliphatic hydroxyl groups is 1. The molecule has 0 saturated carbocycles. The minimum absolute atomic E-state index is 0.0832. The molecule has 132 valence electrons. The minimum Gasteiger partial charge on any atom is -0.388 e. The lowest BCUT2D eigenvalue weighted by Crippen LogP contribution is -2.48. The van der Waals surface area contributed by atoms with Crippen molar-refractivity contribution in [3.63, 3.8) is 0 Å². The summed E-state index contributed by atoms with van der Waals surface area (Å²) in [6.07, 6.45) is 3.09. The average molecular weight is 344 g/mol. The third-order valence-electron chi connectivity index (χ3n) is 4.46. The standard InChI is InChI=1S/C17H20N4O4/c1-17(2,23)15-8-5-10-19(15)16(22)12-9-11-20(18-12)13-6-3-4-7-14(13)21(24)25/h3-4,6-7,9,11,15,23H,5,8,10H2,1-2H3. The summed E-state index contributed by atoms with van der Waals surface area (Å²) in [5, 5.41) is 25.7. The van der Waals surface area contributed by atoms with Crippen molar-refractivity contribution in [2.45, 2.75) is 38.3 Å². The molecule has 1 amide bonds. The number of carbonyl (C=O) groups excluding carboxylic acids is 1. The molecule has 0 spiro atoms. The van der Waals surface area contributed by atoms with Crippen LogP contribution in [0.25, 0.3) is 5.69 Å². The van der Waals surface area contributed by atoms with Crippen molar-refractivity contribution in [1.82, 2.24) is 14.7 Å². The predicted molar refractivity (Wildman–Crippen MR) is 90.6 cm³/mol. The summed E-state index contributed by atoms with van der Waals surface area (Å²) < 4.78 is 1.33. The number of carbonyl (C=O) groups is 1. The molecule has 1 aromatic carbocycles. The van der Waals surface area contributed by atoms with Crippen molar-refractivity contribution in [3.8, 4) is 5.69 Å². The first kappa shape index (κ1) is 17.1. The molecule has 1 fully saturated rings. The van der Waals surface area contributed by atoms with E-state index in [0.29, 0.717) is 12.2 Å². The highest BCUT2D eigenvalue weighted by molar-refractivity contribution is 5.92. The number of amides is 1. The van der Waals surface area contributed by atoms with Gasteiger partial charge in [0.25, 0.3) is 11.6 Å². The van der Waals surface area contributed by atoms with Crippen LogP contribution in [0.3, 0.4) is 0 Å². The molecule has 1 aromatic heterocycles. The number of nitro benzene ring substituents is 1. The molecule has 25 heavy (non-hydrogen) atoms. The molecule has 8 nitrogen and oxygen atoms in total. The normalized spacial score (nSPS) is 17.7. The van der Waals surface area contributed by atoms with E-state index in [-0.39, 0.29) is 23.3 Å². The van der Waals surface area contributed by atoms with Crippen molar-refractivity contribution in [1.29, 1.82) is 0 Å². The van der Waals surface area contributed by atoms with Gasteiger partial charge in [-0.2, -0.15) is 5.10 Å². The Morgan fingerprint density at radius 3 is 2.76 bits per heavy atom. The number of nitrogens with zero attached hydrogens (tertiary/aromatic N) is 4. The fourth-order valence-electron chi connectivity index (χ4n) is 3.28. The lowest BCUT2D eigenvalue weighted by Gasteiger charge is -2.33. The molecule has 2 aromatic rings. The highest BCUT2D eigenvalue weighted by Gasteiger charge is 2.39. The second kappa shape index (κ2) is 6.29. The Balaban J connectivity index is 1.90. The number of likely N-dealkylation sites (tertiary alicyclic amines) is 1. The minimum atomic E-state index is -0.993. The zero-order valence-corrected chi connectivity index (χ0v) is 14.1. The van der Waals surface area contributed by atoms with E-state index in [0.717, 1.165) is 12.8 Å². The van der Waals surface area contributed by atoms with Gasteiger partial charge in [0.05, 0.1) is 16.6 Å². The van der Waals surface area contributed by atoms with Gasteiger partial charge in [-0.25, -0.2) is 4.68 Å². The van der Waals surface area contributed by atoms with Gasteiger partial charge >= 0.3 is 0 Å². The molecule has 1 atom stereocenters. The number of hydrogen-bond acceptors (Lipinski definition) is 5. The molecule has 2 heterocycles. The molecule has 0 radical (unpaired) electrons. The number of nitro groups is 1. The first-order valence-corrected chi connectivity index (χ1v) is 8.12. The lowest BCUT2D eigenvalue weighted by atomic mass is 9.96. The van der Waals surface area contributed by atoms with E-state index < -0.39 is 10.5 Å². The number of benzene rings is 1. The topological polar surface area (TPSA) is 102 Å². The molecule has 1 saturated heterocycles. The Morgan fingerprint density at radius 1 is 1.36 bits per heavy atom. The average Bonchev–Trinajstić information content (AvgIpc) is 3.23. The molecule has 1 unspecified atom stereocenters. The van der Waals surface area contributed by atoms with Gasteiger partial charge in [-0.3, -0.25) is 14.9 Å². The maximum absolute atomic E-state index is 12.8. The summed E-state index contributed by atoms with van der Waals surface area (Å²) in [6.45, 7) is 3.94. The SMILES string of the molecule is CC(C)(O)C1CCCN1C(=O)c1ccn(-c2ccccc2[N+](=O)[O-])n1. The van der Waals surface area contributed by atoms with Gasteiger partial charge < -0.3 is 10.0 Å². The highest BCUT2D eigenvalue weighted by atomic mass is 16.6. The van der Waals surface area contributed by atoms with E-state index in [1.54, 1.807) is 43.0 Å². The molecule has 1 N–H and O–H groups in total. The van der Waals surface area contributed by atoms with Crippen LogP contribution in [0.1, 0.15) is 37.2 Å². The molecule has 8 heteroatoms. The summed E-state index contributed by atoms with van der Waals surface area (Å²) in [5.74, 6) is -0.276. The molecular formula is C17H20N4O4. The maximum atomic E-state index is 12.8. The fourth-order valence-corrected chi connectivity index (χ4v) is 3.28. The Labute approximate surface area is 144 Å². The van der Waals surface area contributed by atoms with Crippen LogP contribution in [0.5, 0.6) is 0 Å². The van der Waals surface area contributed by atoms with Crippen molar-refractivity contribution >= 4 is 11.6 Å². The Morgan fingerprint density at radius 2 is 2.08 bits per heavy atom. The van der Waals surface area contributed by atoms with Gasteiger partial charge in [0.2, 0.25) is 0 Å². The number of rotatable bonds is 4.